The summed E-state index contributed by atoms with van der Waals surface area (Å²) in [7, 11) is 0. The van der Waals surface area contributed by atoms with Crippen LogP contribution in [0.25, 0.3) is 5.52 Å². The quantitative estimate of drug-likeness (QED) is 0.480. The van der Waals surface area contributed by atoms with E-state index in [0.29, 0.717) is 29.9 Å². The first-order chi connectivity index (χ1) is 11.5. The van der Waals surface area contributed by atoms with E-state index in [2.05, 4.69) is 31.2 Å². The van der Waals surface area contributed by atoms with Crippen molar-refractivity contribution in [1.29, 1.82) is 0 Å². The van der Waals surface area contributed by atoms with Crippen LogP contribution in [-0.2, 0) is 13.1 Å². The molecule has 0 spiro atoms. The average Bonchev–Trinajstić information content (AvgIpc) is 3.18. The molecule has 0 aromatic carbocycles. The smallest absolute Gasteiger partial charge is 0.296 e. The minimum absolute atomic E-state index is 0.116. The number of hydrogen-bond donors (Lipinski definition) is 0. The first kappa shape index (κ1) is 14.8. The van der Waals surface area contributed by atoms with E-state index in [1.807, 2.05) is 4.57 Å². The summed E-state index contributed by atoms with van der Waals surface area (Å²) < 4.78 is 3.73. The summed E-state index contributed by atoms with van der Waals surface area (Å²) >= 11 is 3.21. The Morgan fingerprint density at radius 1 is 1.33 bits per heavy atom. The molecule has 0 aliphatic carbocycles. The van der Waals surface area contributed by atoms with Gasteiger partial charge in [0.05, 0.1) is 11.5 Å². The highest BCUT2D eigenvalue weighted by Gasteiger charge is 2.26. The first-order valence-corrected chi connectivity index (χ1v) is 7.81. The third kappa shape index (κ3) is 2.33. The van der Waals surface area contributed by atoms with Gasteiger partial charge in [-0.25, -0.2) is 4.52 Å². The number of carbonyl (C=O) groups excluding carboxylic acids is 1. The highest BCUT2D eigenvalue weighted by atomic mass is 79.9. The van der Waals surface area contributed by atoms with Crippen LogP contribution < -0.4 is 0 Å². The lowest BCUT2D eigenvalue weighted by Gasteiger charge is -2.26. The lowest BCUT2D eigenvalue weighted by atomic mass is 10.2. The summed E-state index contributed by atoms with van der Waals surface area (Å²) in [4.78, 5) is 25.0. The van der Waals surface area contributed by atoms with Gasteiger partial charge in [-0.1, -0.05) is 0 Å². The van der Waals surface area contributed by atoms with E-state index in [-0.39, 0.29) is 22.8 Å². The van der Waals surface area contributed by atoms with Gasteiger partial charge in [-0.2, -0.15) is 5.10 Å². The largest absolute Gasteiger partial charge is 0.328 e. The predicted octanol–water partition coefficient (Wildman–Crippen LogP) is 1.25. The van der Waals surface area contributed by atoms with Crippen LogP contribution >= 0.6 is 15.9 Å². The Labute approximate surface area is 143 Å². The highest BCUT2D eigenvalue weighted by Crippen LogP contribution is 2.25. The van der Waals surface area contributed by atoms with Crippen molar-refractivity contribution in [3.63, 3.8) is 0 Å². The zero-order chi connectivity index (χ0) is 16.8. The van der Waals surface area contributed by atoms with Crippen LogP contribution in [0.3, 0.4) is 0 Å². The van der Waals surface area contributed by atoms with E-state index in [4.69, 9.17) is 0 Å². The molecule has 1 amide bonds. The first-order valence-electron chi connectivity index (χ1n) is 7.02. The van der Waals surface area contributed by atoms with Crippen molar-refractivity contribution < 1.29 is 9.72 Å². The molecule has 0 saturated heterocycles. The number of rotatable bonds is 2. The zero-order valence-electron chi connectivity index (χ0n) is 12.2. The normalized spacial score (nSPS) is 14.0. The molecular weight excluding hydrogens is 382 g/mol. The van der Waals surface area contributed by atoms with Gasteiger partial charge in [0.1, 0.15) is 11.8 Å². The van der Waals surface area contributed by atoms with Gasteiger partial charge in [-0.3, -0.25) is 14.9 Å². The van der Waals surface area contributed by atoms with Crippen molar-refractivity contribution in [3.05, 3.63) is 50.8 Å². The summed E-state index contributed by atoms with van der Waals surface area (Å²) in [5.41, 5.74) is 0.310. The Morgan fingerprint density at radius 2 is 2.17 bits per heavy atom. The molecule has 0 fully saturated rings. The second-order valence-corrected chi connectivity index (χ2v) is 6.24. The topological polar surface area (TPSA) is 111 Å². The van der Waals surface area contributed by atoms with E-state index >= 15 is 0 Å². The number of nitro groups is 1. The Morgan fingerprint density at radius 3 is 2.96 bits per heavy atom. The van der Waals surface area contributed by atoms with E-state index in [9.17, 15) is 14.9 Å². The van der Waals surface area contributed by atoms with Crippen LogP contribution in [0.1, 0.15) is 16.3 Å². The number of fused-ring (bicyclic) bond motifs is 2. The van der Waals surface area contributed by atoms with Crippen LogP contribution in [0.4, 0.5) is 5.69 Å². The molecule has 0 unspecified atom stereocenters. The Hall–Kier alpha value is -2.82. The van der Waals surface area contributed by atoms with Crippen LogP contribution in [0.2, 0.25) is 0 Å². The van der Waals surface area contributed by atoms with E-state index in [1.54, 1.807) is 17.4 Å². The number of hydrogen-bond acceptors (Lipinski definition) is 6. The van der Waals surface area contributed by atoms with Gasteiger partial charge in [-0.05, 0) is 15.9 Å². The molecule has 1 aliphatic rings. The molecule has 0 saturated carbocycles. The molecule has 1 aliphatic heterocycles. The predicted molar refractivity (Wildman–Crippen MR) is 84.3 cm³/mol. The third-order valence-electron chi connectivity index (χ3n) is 3.86. The molecule has 24 heavy (non-hydrogen) atoms. The lowest BCUT2D eigenvalue weighted by molar-refractivity contribution is -0.383. The number of halogens is 1. The summed E-state index contributed by atoms with van der Waals surface area (Å²) in [6.45, 7) is 1.44. The highest BCUT2D eigenvalue weighted by molar-refractivity contribution is 9.10. The molecule has 0 radical (unpaired) electrons. The molecule has 10 nitrogen and oxygen atoms in total. The number of amides is 1. The summed E-state index contributed by atoms with van der Waals surface area (Å²) in [5, 5.41) is 23.2. The molecule has 0 N–H and O–H groups in total. The standard InChI is InChI=1S/C13H10BrN7O3/c14-8-3-11(21(23)24)10-4-9(17-20(10)5-8)13(22)18-1-2-19-7-15-16-12(19)6-18/h3-5,7H,1-2,6H2. The van der Waals surface area contributed by atoms with Gasteiger partial charge in [0.25, 0.3) is 11.6 Å². The third-order valence-corrected chi connectivity index (χ3v) is 4.29. The van der Waals surface area contributed by atoms with Gasteiger partial charge in [-0.15, -0.1) is 10.2 Å². The van der Waals surface area contributed by atoms with Crippen LogP contribution in [0.15, 0.2) is 29.1 Å². The maximum Gasteiger partial charge on any atom is 0.296 e. The maximum absolute atomic E-state index is 12.7. The molecule has 3 aromatic heterocycles. The second kappa shape index (κ2) is 5.37. The maximum atomic E-state index is 12.7. The van der Waals surface area contributed by atoms with E-state index in [0.717, 1.165) is 0 Å². The van der Waals surface area contributed by atoms with E-state index in [1.165, 1.54) is 16.6 Å². The van der Waals surface area contributed by atoms with Crippen molar-refractivity contribution in [1.82, 2.24) is 29.3 Å². The fourth-order valence-electron chi connectivity index (χ4n) is 2.70. The van der Waals surface area contributed by atoms with Gasteiger partial charge in [0.15, 0.2) is 11.5 Å². The molecule has 11 heteroatoms. The fourth-order valence-corrected chi connectivity index (χ4v) is 3.11. The van der Waals surface area contributed by atoms with Crippen LogP contribution in [0, 0.1) is 10.1 Å². The zero-order valence-corrected chi connectivity index (χ0v) is 13.7. The Bertz CT molecular complexity index is 979. The molecule has 0 atom stereocenters. The molecule has 3 aromatic rings. The van der Waals surface area contributed by atoms with Gasteiger partial charge < -0.3 is 9.47 Å². The van der Waals surface area contributed by atoms with Gasteiger partial charge >= 0.3 is 0 Å². The lowest BCUT2D eigenvalue weighted by Crippen LogP contribution is -2.38. The Kier molecular flexibility index (Phi) is 3.30. The van der Waals surface area contributed by atoms with Crippen molar-refractivity contribution in [2.24, 2.45) is 0 Å². The SMILES string of the molecule is O=C(c1cc2c([N+](=O)[O-])cc(Br)cn2n1)N1CCn2cnnc2C1. The van der Waals surface area contributed by atoms with Crippen molar-refractivity contribution in [2.45, 2.75) is 13.1 Å². The fraction of sp³-hybridized carbons (Fsp3) is 0.231. The molecule has 0 bridgehead atoms. The van der Waals surface area contributed by atoms with Crippen molar-refractivity contribution >= 4 is 33.0 Å². The second-order valence-electron chi connectivity index (χ2n) is 5.33. The van der Waals surface area contributed by atoms with Crippen LogP contribution in [0.5, 0.6) is 0 Å². The number of nitrogens with zero attached hydrogens (tertiary/aromatic N) is 7. The summed E-state index contributed by atoms with van der Waals surface area (Å²) in [5.74, 6) is 0.408. The monoisotopic (exact) mass is 391 g/mol. The summed E-state index contributed by atoms with van der Waals surface area (Å²) in [6.07, 6.45) is 3.20. The van der Waals surface area contributed by atoms with Crippen molar-refractivity contribution in [3.8, 4) is 0 Å². The molecule has 122 valence electrons. The van der Waals surface area contributed by atoms with E-state index < -0.39 is 4.92 Å². The molecule has 4 heterocycles. The van der Waals surface area contributed by atoms with Gasteiger partial charge in [0, 0.05) is 35.9 Å². The number of aromatic nitrogens is 5. The minimum Gasteiger partial charge on any atom is -0.328 e. The minimum atomic E-state index is -0.501. The number of carbonyl (C=O) groups is 1. The van der Waals surface area contributed by atoms with Gasteiger partial charge in [0.2, 0.25) is 0 Å². The molecule has 4 rings (SSSR count). The molecular formula is C13H10BrN7O3. The summed E-state index contributed by atoms with van der Waals surface area (Å²) in [6, 6.07) is 2.82. The number of pyridine rings is 1. The van der Waals surface area contributed by atoms with Crippen molar-refractivity contribution in [2.75, 3.05) is 6.54 Å². The Balaban J connectivity index is 1.71. The average molecular weight is 392 g/mol. The van der Waals surface area contributed by atoms with Crippen LogP contribution in [-0.4, -0.2) is 46.7 Å².